The van der Waals surface area contributed by atoms with E-state index in [1.807, 2.05) is 7.05 Å². The summed E-state index contributed by atoms with van der Waals surface area (Å²) in [6.07, 6.45) is 3.29. The third-order valence-corrected chi connectivity index (χ3v) is 4.18. The van der Waals surface area contributed by atoms with Crippen LogP contribution in [0.2, 0.25) is 0 Å². The normalized spacial score (nSPS) is 18.4. The Morgan fingerprint density at radius 2 is 2.21 bits per heavy atom. The highest BCUT2D eigenvalue weighted by Crippen LogP contribution is 2.39. The first kappa shape index (κ1) is 14.3. The van der Waals surface area contributed by atoms with Gasteiger partial charge in [0, 0.05) is 19.1 Å². The molecule has 19 heavy (non-hydrogen) atoms. The molecule has 0 radical (unpaired) electrons. The molecule has 0 saturated heterocycles. The largest absolute Gasteiger partial charge is 0.481 e. The van der Waals surface area contributed by atoms with Gasteiger partial charge in [-0.25, -0.2) is 4.68 Å². The average Bonchev–Trinajstić information content (AvgIpc) is 3.21. The summed E-state index contributed by atoms with van der Waals surface area (Å²) in [5.41, 5.74) is 1.97. The molecule has 0 bridgehead atoms. The summed E-state index contributed by atoms with van der Waals surface area (Å²) in [5.74, 6) is 1.39. The molecule has 5 nitrogen and oxygen atoms in total. The van der Waals surface area contributed by atoms with Crippen LogP contribution in [0.25, 0.3) is 0 Å². The molecule has 1 atom stereocenters. The van der Waals surface area contributed by atoms with Crippen LogP contribution in [0.4, 0.5) is 0 Å². The molecule has 1 saturated carbocycles. The number of rotatable bonds is 7. The van der Waals surface area contributed by atoms with Crippen LogP contribution < -0.4 is 10.1 Å². The van der Waals surface area contributed by atoms with Crippen molar-refractivity contribution in [3.63, 3.8) is 0 Å². The SMILES string of the molecule is CCc1nn(C)c(OC)c1CNC(C)(CO)C1CC1. The Balaban J connectivity index is 2.14. The lowest BCUT2D eigenvalue weighted by atomic mass is 9.96. The van der Waals surface area contributed by atoms with Gasteiger partial charge in [0.2, 0.25) is 5.88 Å². The minimum atomic E-state index is -0.189. The summed E-state index contributed by atoms with van der Waals surface area (Å²) in [5, 5.41) is 17.6. The number of methoxy groups -OCH3 is 1. The van der Waals surface area contributed by atoms with Crippen molar-refractivity contribution in [3.05, 3.63) is 11.3 Å². The van der Waals surface area contributed by atoms with Gasteiger partial charge in [0.25, 0.3) is 0 Å². The Labute approximate surface area is 115 Å². The highest BCUT2D eigenvalue weighted by molar-refractivity contribution is 5.32. The van der Waals surface area contributed by atoms with Crippen LogP contribution in [0.3, 0.4) is 0 Å². The first-order valence-corrected chi connectivity index (χ1v) is 7.00. The van der Waals surface area contributed by atoms with Crippen LogP contribution in [0, 0.1) is 5.92 Å². The molecule has 0 aromatic carbocycles. The second-order valence-electron chi connectivity index (χ2n) is 5.62. The fourth-order valence-electron chi connectivity index (χ4n) is 2.66. The number of aliphatic hydroxyl groups excluding tert-OH is 1. The Morgan fingerprint density at radius 3 is 2.68 bits per heavy atom. The van der Waals surface area contributed by atoms with Crippen molar-refractivity contribution in [2.24, 2.45) is 13.0 Å². The van der Waals surface area contributed by atoms with Gasteiger partial charge in [-0.15, -0.1) is 0 Å². The van der Waals surface area contributed by atoms with E-state index < -0.39 is 0 Å². The summed E-state index contributed by atoms with van der Waals surface area (Å²) in [7, 11) is 3.57. The molecule has 1 aromatic rings. The summed E-state index contributed by atoms with van der Waals surface area (Å²) in [6.45, 7) is 5.05. The number of hydrogen-bond donors (Lipinski definition) is 2. The van der Waals surface area contributed by atoms with E-state index in [4.69, 9.17) is 4.74 Å². The predicted octanol–water partition coefficient (Wildman–Crippen LogP) is 1.24. The molecule has 1 aliphatic rings. The van der Waals surface area contributed by atoms with Gasteiger partial charge in [-0.1, -0.05) is 6.92 Å². The van der Waals surface area contributed by atoms with E-state index in [0.29, 0.717) is 12.5 Å². The monoisotopic (exact) mass is 267 g/mol. The first-order chi connectivity index (χ1) is 9.05. The van der Waals surface area contributed by atoms with Gasteiger partial charge in [-0.05, 0) is 32.1 Å². The zero-order valence-electron chi connectivity index (χ0n) is 12.4. The maximum atomic E-state index is 9.62. The van der Waals surface area contributed by atoms with Crippen LogP contribution in [0.15, 0.2) is 0 Å². The molecule has 0 aliphatic heterocycles. The highest BCUT2D eigenvalue weighted by Gasteiger charge is 2.40. The lowest BCUT2D eigenvalue weighted by molar-refractivity contribution is 0.153. The fourth-order valence-corrected chi connectivity index (χ4v) is 2.66. The summed E-state index contributed by atoms with van der Waals surface area (Å²) < 4.78 is 7.21. The second-order valence-corrected chi connectivity index (χ2v) is 5.62. The highest BCUT2D eigenvalue weighted by atomic mass is 16.5. The van der Waals surface area contributed by atoms with Gasteiger partial charge in [0.05, 0.1) is 25.0 Å². The molecule has 1 fully saturated rings. The third kappa shape index (κ3) is 2.77. The summed E-state index contributed by atoms with van der Waals surface area (Å²) in [6, 6.07) is 0. The lowest BCUT2D eigenvalue weighted by Crippen LogP contribution is -2.47. The quantitative estimate of drug-likeness (QED) is 0.780. The van der Waals surface area contributed by atoms with E-state index in [1.165, 1.54) is 12.8 Å². The Morgan fingerprint density at radius 1 is 1.53 bits per heavy atom. The number of nitrogens with zero attached hydrogens (tertiary/aromatic N) is 2. The van der Waals surface area contributed by atoms with E-state index in [-0.39, 0.29) is 12.1 Å². The standard InChI is InChI=1S/C14H25N3O2/c1-5-12-11(13(19-4)17(3)16-12)8-15-14(2,9-18)10-6-7-10/h10,15,18H,5-9H2,1-4H3. The van der Waals surface area contributed by atoms with Gasteiger partial charge in [0.15, 0.2) is 0 Å². The van der Waals surface area contributed by atoms with E-state index in [0.717, 1.165) is 23.6 Å². The number of nitrogens with one attached hydrogen (secondary N) is 1. The lowest BCUT2D eigenvalue weighted by Gasteiger charge is -2.29. The van der Waals surface area contributed by atoms with Crippen molar-refractivity contribution < 1.29 is 9.84 Å². The molecule has 1 aliphatic carbocycles. The van der Waals surface area contributed by atoms with Crippen molar-refractivity contribution in [3.8, 4) is 5.88 Å². The van der Waals surface area contributed by atoms with Gasteiger partial charge in [0.1, 0.15) is 0 Å². The third-order valence-electron chi connectivity index (χ3n) is 4.18. The number of aryl methyl sites for hydroxylation is 2. The predicted molar refractivity (Wildman–Crippen MR) is 74.2 cm³/mol. The number of ether oxygens (including phenoxy) is 1. The molecule has 1 aromatic heterocycles. The van der Waals surface area contributed by atoms with Crippen LogP contribution in [0.1, 0.15) is 37.9 Å². The van der Waals surface area contributed by atoms with Gasteiger partial charge in [-0.2, -0.15) is 5.10 Å². The van der Waals surface area contributed by atoms with Crippen LogP contribution in [-0.4, -0.2) is 34.1 Å². The molecular weight excluding hydrogens is 242 g/mol. The molecule has 5 heteroatoms. The molecular formula is C14H25N3O2. The molecule has 0 amide bonds. The van der Waals surface area contributed by atoms with Crippen LogP contribution in [0.5, 0.6) is 5.88 Å². The smallest absolute Gasteiger partial charge is 0.216 e. The van der Waals surface area contributed by atoms with Crippen molar-refractivity contribution >= 4 is 0 Å². The van der Waals surface area contributed by atoms with Crippen molar-refractivity contribution in [1.29, 1.82) is 0 Å². The molecule has 2 rings (SSSR count). The van der Waals surface area contributed by atoms with Gasteiger partial charge < -0.3 is 15.2 Å². The minimum Gasteiger partial charge on any atom is -0.481 e. The number of aromatic nitrogens is 2. The molecule has 1 unspecified atom stereocenters. The van der Waals surface area contributed by atoms with Gasteiger partial charge in [-0.3, -0.25) is 0 Å². The molecule has 108 valence electrons. The second kappa shape index (κ2) is 5.51. The molecule has 1 heterocycles. The molecule has 0 spiro atoms. The van der Waals surface area contributed by atoms with Gasteiger partial charge >= 0.3 is 0 Å². The Kier molecular flexibility index (Phi) is 4.16. The average molecular weight is 267 g/mol. The zero-order valence-corrected chi connectivity index (χ0v) is 12.4. The van der Waals surface area contributed by atoms with Crippen molar-refractivity contribution in [2.75, 3.05) is 13.7 Å². The zero-order chi connectivity index (χ0) is 14.0. The van der Waals surface area contributed by atoms with Crippen LogP contribution in [-0.2, 0) is 20.0 Å². The van der Waals surface area contributed by atoms with E-state index in [9.17, 15) is 5.11 Å². The maximum absolute atomic E-state index is 9.62. The summed E-state index contributed by atoms with van der Waals surface area (Å²) >= 11 is 0. The Hall–Kier alpha value is -1.07. The number of hydrogen-bond acceptors (Lipinski definition) is 4. The minimum absolute atomic E-state index is 0.168. The topological polar surface area (TPSA) is 59.3 Å². The van der Waals surface area contributed by atoms with Crippen molar-refractivity contribution in [1.82, 2.24) is 15.1 Å². The van der Waals surface area contributed by atoms with E-state index in [1.54, 1.807) is 11.8 Å². The first-order valence-electron chi connectivity index (χ1n) is 7.00. The Bertz CT molecular complexity index is 440. The molecule has 2 N–H and O–H groups in total. The van der Waals surface area contributed by atoms with Crippen LogP contribution >= 0.6 is 0 Å². The maximum Gasteiger partial charge on any atom is 0.216 e. The van der Waals surface area contributed by atoms with E-state index >= 15 is 0 Å². The number of aliphatic hydroxyl groups is 1. The van der Waals surface area contributed by atoms with Crippen molar-refractivity contribution in [2.45, 2.75) is 45.2 Å². The van der Waals surface area contributed by atoms with E-state index in [2.05, 4.69) is 24.3 Å². The summed E-state index contributed by atoms with van der Waals surface area (Å²) in [4.78, 5) is 0. The fraction of sp³-hybridized carbons (Fsp3) is 0.786.